The minimum Gasteiger partial charge on any atom is -0.508 e. The van der Waals surface area contributed by atoms with Crippen molar-refractivity contribution in [1.82, 2.24) is 47.9 Å². The van der Waals surface area contributed by atoms with Gasteiger partial charge in [-0.3, -0.25) is 43.7 Å². The summed E-state index contributed by atoms with van der Waals surface area (Å²) < 4.78 is 51.5. The first-order valence-electron chi connectivity index (χ1n) is 44.0. The Morgan fingerprint density at radius 2 is 1.32 bits per heavy atom. The number of carbonyl (C=O) groups is 9. The smallest absolute Gasteiger partial charge is 0.325 e. The van der Waals surface area contributed by atoms with Crippen LogP contribution in [-0.4, -0.2) is 211 Å². The van der Waals surface area contributed by atoms with Crippen molar-refractivity contribution in [3.05, 3.63) is 135 Å². The monoisotopic (exact) mass is 1820 g/mol. The van der Waals surface area contributed by atoms with E-state index >= 15 is 28.8 Å². The summed E-state index contributed by atoms with van der Waals surface area (Å²) in [7, 11) is 1.49. The number of phenolic OH excluding ortho intramolecular Hbond substituents is 3. The molecule has 38 heteroatoms. The number of benzene rings is 6. The van der Waals surface area contributed by atoms with E-state index in [0.717, 1.165) is 93.5 Å². The molecule has 4 aliphatic carbocycles. The first-order valence-corrected chi connectivity index (χ1v) is 44.4. The SMILES string of the molecule is CCCCOc1ccc(OCCCC)c(NC(=O)NC(=O)C[C@@H]2NC(=O)[C@H](NC(=O)[C@@H](CC(C)C)NC)[C@H](O)c3ccc(c(C)c3)Oc3cc4cc(c3O[C@@H]3O[C@H](CO)[C@@H](O)[C@H](O)[C@H]3O[C@H]3C[C@](C)(N)[C@H](O)[C@H](C)O3)Oc3ccc(cc3Cl)[C@@H](O)[C@@H]3NC(=O)[C@H](NC(=O)[C@@H]4NC2=O)c2ccc(O)c(c2)-c2c(O)cc(O)cc2[C@@H](C(=O)NC2C4CC5CC(C4)CC2C5)NC3=O)c1. The molecule has 6 aromatic rings. The molecule has 130 heavy (non-hydrogen) atoms. The van der Waals surface area contributed by atoms with Crippen molar-refractivity contribution in [2.24, 2.45) is 35.3 Å². The molecule has 17 rings (SSSR count). The summed E-state index contributed by atoms with van der Waals surface area (Å²) in [6, 6.07) is 3.96. The van der Waals surface area contributed by atoms with Crippen LogP contribution in [-0.2, 0) is 52.6 Å². The van der Waals surface area contributed by atoms with Gasteiger partial charge >= 0.3 is 6.03 Å². The number of halogens is 1. The molecule has 6 fully saturated rings. The van der Waals surface area contributed by atoms with Crippen LogP contribution in [0.2, 0.25) is 5.02 Å². The fraction of sp³-hybridized carbons (Fsp3) is 0.511. The third kappa shape index (κ3) is 20.9. The van der Waals surface area contributed by atoms with Crippen LogP contribution >= 0.6 is 11.6 Å². The lowest BCUT2D eigenvalue weighted by Crippen LogP contribution is -2.64. The summed E-state index contributed by atoms with van der Waals surface area (Å²) in [4.78, 5) is 140. The van der Waals surface area contributed by atoms with Crippen molar-refractivity contribution in [1.29, 1.82) is 0 Å². The Hall–Kier alpha value is -11.2. The molecule has 2 saturated heterocycles. The number of urea groups is 1. The highest BCUT2D eigenvalue weighted by molar-refractivity contribution is 6.32. The zero-order valence-corrected chi connectivity index (χ0v) is 73.8. The number of aromatic hydroxyl groups is 3. The highest BCUT2D eigenvalue weighted by Crippen LogP contribution is 2.55. The summed E-state index contributed by atoms with van der Waals surface area (Å²) in [5.41, 5.74) is 3.31. The lowest BCUT2D eigenvalue weighted by Gasteiger charge is -2.54. The highest BCUT2D eigenvalue weighted by Gasteiger charge is 2.53. The van der Waals surface area contributed by atoms with Crippen LogP contribution in [0.1, 0.15) is 182 Å². The zero-order chi connectivity index (χ0) is 93.2. The standard InChI is InChI=1S/C92H114ClN11O26/c1-9-11-21-123-52-16-20-63(124-22-12-10-2)56(36-52)97-91(122)98-67(109)37-58-84(116)100-72-50-32-64(126-61-18-14-46(24-41(61)5)76(110)74(88(120)96-58)103-83(115)57(95-8)23-40(3)4)80(130-90-81(79(113)78(112)66(39-105)128-90)129-68-38-92(7,94)82(114)42(6)125-68)65(33-50)127-62-19-15-47(31-55(62)93)77(111)75-89(121)102-73(87(119)99-70-48-26-43-25-44(28-48)29-49(70)27-43)54-34-51(106)35-60(108)69(54)53-30-45(13-17-59(53)107)71(85(117)104-75)101-86(72)118/h13-20,24,30-36,40,42-44,48-49,57-58,66,68,70-79,81-82,90,95,105-108,110-114H,9-12,21-23,25-29,37-39,94H2,1-8H3,(H,96,120)(H,99,119)(H,100,116)(H,101,118)(H,102,121)(H,103,115)(H,104,117)(H2,97,98,109,122)/t42-,43?,44?,48?,49?,57+,58-,66+,68-,70?,71+,72+,73-,74+,75-,76+,77+,78+,79-,81+,82+,90-,92-/m0/s1. The molecule has 0 spiro atoms. The van der Waals surface area contributed by atoms with Crippen molar-refractivity contribution in [2.75, 3.05) is 32.2 Å². The number of nitrogens with two attached hydrogens (primary N) is 1. The van der Waals surface area contributed by atoms with Crippen LogP contribution in [0.5, 0.6) is 57.5 Å². The molecule has 6 aromatic carbocycles. The molecule has 700 valence electrons. The topological polar surface area (TPSA) is 556 Å². The third-order valence-electron chi connectivity index (χ3n) is 25.5. The average molecular weight is 1830 g/mol. The van der Waals surface area contributed by atoms with Crippen LogP contribution in [0.3, 0.4) is 0 Å². The van der Waals surface area contributed by atoms with Gasteiger partial charge in [-0.2, -0.15) is 0 Å². The van der Waals surface area contributed by atoms with Gasteiger partial charge in [-0.15, -0.1) is 0 Å². The number of anilines is 1. The highest BCUT2D eigenvalue weighted by atomic mass is 35.5. The Balaban J connectivity index is 0.957. The Morgan fingerprint density at radius 1 is 0.669 bits per heavy atom. The van der Waals surface area contributed by atoms with E-state index in [1.54, 1.807) is 12.1 Å². The lowest BCUT2D eigenvalue weighted by atomic mass is 9.54. The van der Waals surface area contributed by atoms with Gasteiger partial charge in [0.25, 0.3) is 0 Å². The van der Waals surface area contributed by atoms with Crippen molar-refractivity contribution < 1.29 is 127 Å². The number of imide groups is 1. The van der Waals surface area contributed by atoms with Gasteiger partial charge < -0.3 is 137 Å². The van der Waals surface area contributed by atoms with E-state index in [4.69, 9.17) is 55.2 Å². The Kier molecular flexibility index (Phi) is 29.4. The predicted molar refractivity (Wildman–Crippen MR) is 466 cm³/mol. The number of phenols is 3. The number of ether oxygens (including phenoxy) is 8. The summed E-state index contributed by atoms with van der Waals surface area (Å²) in [5.74, 6) is -12.8. The second-order valence-electron chi connectivity index (χ2n) is 35.8. The van der Waals surface area contributed by atoms with E-state index in [1.165, 1.54) is 64.2 Å². The number of nitrogens with one attached hydrogen (secondary N) is 10. The molecule has 11 aliphatic rings. The first-order chi connectivity index (χ1) is 62.0. The van der Waals surface area contributed by atoms with Crippen molar-refractivity contribution in [3.63, 3.8) is 0 Å². The van der Waals surface area contributed by atoms with Gasteiger partial charge in [0.05, 0.1) is 55.2 Å². The van der Waals surface area contributed by atoms with Crippen LogP contribution in [0.25, 0.3) is 11.1 Å². The number of fused-ring (bicyclic) bond motifs is 15. The van der Waals surface area contributed by atoms with Crippen LogP contribution in [0, 0.1) is 36.5 Å². The minimum atomic E-state index is -2.41. The number of aliphatic hydroxyl groups excluding tert-OH is 6. The summed E-state index contributed by atoms with van der Waals surface area (Å²) in [6.07, 6.45) is -11.6. The second-order valence-corrected chi connectivity index (χ2v) is 36.2. The molecular weight excluding hydrogens is 1710 g/mol. The number of likely N-dealkylation sites (N-methyl/N-ethyl adjacent to an activating group) is 1. The number of aryl methyl sites for hydroxylation is 1. The number of rotatable bonds is 23. The minimum absolute atomic E-state index is 0.0416. The number of amides is 10. The maximum atomic E-state index is 16.8. The predicted octanol–water partition coefficient (Wildman–Crippen LogP) is 5.84. The van der Waals surface area contributed by atoms with Crippen LogP contribution in [0.4, 0.5) is 10.5 Å². The average Bonchev–Trinajstić information content (AvgIpc) is 0.749. The molecule has 0 radical (unpaired) electrons. The van der Waals surface area contributed by atoms with Crippen molar-refractivity contribution in [3.8, 4) is 68.6 Å². The first kappa shape index (κ1) is 94.9. The molecule has 10 amide bonds. The number of unbranched alkanes of at least 4 members (excludes halogenated alkanes) is 2. The molecular formula is C92H114ClN11O26. The largest absolute Gasteiger partial charge is 0.508 e. The number of hydrogen-bond donors (Lipinski definition) is 20. The normalized spacial score (nSPS) is 29.6. The molecule has 15 bridgehead atoms. The fourth-order valence-corrected chi connectivity index (χ4v) is 19.1. The van der Waals surface area contributed by atoms with Gasteiger partial charge in [0.1, 0.15) is 107 Å². The van der Waals surface area contributed by atoms with Gasteiger partial charge in [0.15, 0.2) is 23.9 Å². The Labute approximate surface area is 754 Å². The molecule has 7 aliphatic heterocycles. The van der Waals surface area contributed by atoms with Crippen LogP contribution in [0.15, 0.2) is 97.1 Å². The van der Waals surface area contributed by atoms with Gasteiger partial charge in [-0.25, -0.2) is 4.79 Å². The fourth-order valence-electron chi connectivity index (χ4n) is 18.9. The summed E-state index contributed by atoms with van der Waals surface area (Å²) >= 11 is 7.33. The van der Waals surface area contributed by atoms with E-state index in [-0.39, 0.29) is 99.1 Å². The maximum absolute atomic E-state index is 16.8. The maximum Gasteiger partial charge on any atom is 0.325 e. The quantitative estimate of drug-likeness (QED) is 0.0335. The molecule has 18 atom stereocenters. The van der Waals surface area contributed by atoms with E-state index in [0.29, 0.717) is 37.0 Å². The Morgan fingerprint density at radius 3 is 1.97 bits per heavy atom. The van der Waals surface area contributed by atoms with Gasteiger partial charge in [0.2, 0.25) is 59.3 Å². The summed E-state index contributed by atoms with van der Waals surface area (Å²) in [5, 5.41) is 134. The van der Waals surface area contributed by atoms with E-state index in [9.17, 15) is 60.3 Å². The van der Waals surface area contributed by atoms with Gasteiger partial charge in [-0.1, -0.05) is 70.3 Å². The van der Waals surface area contributed by atoms with E-state index < -0.39 is 227 Å². The number of aliphatic hydroxyl groups is 6. The number of carbonyl (C=O) groups excluding carboxylic acids is 9. The summed E-state index contributed by atoms with van der Waals surface area (Å²) in [6.45, 7) is 11.7. The zero-order valence-electron chi connectivity index (χ0n) is 73.0. The van der Waals surface area contributed by atoms with Gasteiger partial charge in [0, 0.05) is 41.3 Å². The van der Waals surface area contributed by atoms with E-state index in [2.05, 4.69) is 53.2 Å². The van der Waals surface area contributed by atoms with Crippen LogP contribution < -0.4 is 82.6 Å². The second kappa shape index (κ2) is 40.3. The molecule has 37 nitrogen and oxygen atoms in total. The van der Waals surface area contributed by atoms with Crippen molar-refractivity contribution >= 4 is 70.6 Å². The Bertz CT molecular complexity index is 5230. The molecule has 21 N–H and O–H groups in total. The lowest BCUT2D eigenvalue weighted by molar-refractivity contribution is -0.333. The third-order valence-corrected chi connectivity index (χ3v) is 25.8. The molecule has 7 heterocycles. The van der Waals surface area contributed by atoms with Crippen molar-refractivity contribution in [2.45, 2.75) is 241 Å². The van der Waals surface area contributed by atoms with E-state index in [1.807, 2.05) is 27.7 Å². The molecule has 0 aromatic heterocycles. The number of hydrogen-bond acceptors (Lipinski definition) is 28. The van der Waals surface area contributed by atoms with Gasteiger partial charge in [-0.05, 0) is 209 Å². The molecule has 0 unspecified atom stereocenters. The molecule has 4 saturated carbocycles.